The van der Waals surface area contributed by atoms with Gasteiger partial charge in [-0.3, -0.25) is 4.90 Å². The van der Waals surface area contributed by atoms with Crippen LogP contribution in [0.1, 0.15) is 29.5 Å². The number of rotatable bonds is 5. The number of likely N-dealkylation sites (tertiary alicyclic amines) is 1. The lowest BCUT2D eigenvalue weighted by Gasteiger charge is -2.30. The highest BCUT2D eigenvalue weighted by Crippen LogP contribution is 2.17. The molecule has 5 heteroatoms. The Kier molecular flexibility index (Phi) is 5.20. The molecule has 0 aliphatic carbocycles. The summed E-state index contributed by atoms with van der Waals surface area (Å²) in [6.07, 6.45) is 5.26. The van der Waals surface area contributed by atoms with Crippen LogP contribution >= 0.6 is 0 Å². The number of benzene rings is 1. The maximum atomic E-state index is 9.63. The molecule has 1 fully saturated rings. The van der Waals surface area contributed by atoms with Crippen molar-refractivity contribution < 1.29 is 5.11 Å². The van der Waals surface area contributed by atoms with E-state index in [-0.39, 0.29) is 6.10 Å². The Balaban J connectivity index is 1.62. The van der Waals surface area contributed by atoms with E-state index in [0.717, 1.165) is 44.6 Å². The van der Waals surface area contributed by atoms with Gasteiger partial charge < -0.3 is 10.4 Å². The van der Waals surface area contributed by atoms with Gasteiger partial charge in [-0.2, -0.15) is 0 Å². The van der Waals surface area contributed by atoms with E-state index in [0.29, 0.717) is 5.95 Å². The van der Waals surface area contributed by atoms with Gasteiger partial charge in [-0.15, -0.1) is 0 Å². The van der Waals surface area contributed by atoms with E-state index in [1.807, 2.05) is 19.3 Å². The number of piperidine rings is 1. The lowest BCUT2D eigenvalue weighted by atomic mass is 10.0. The molecule has 0 saturated carbocycles. The Morgan fingerprint density at radius 3 is 2.48 bits per heavy atom. The Labute approximate surface area is 137 Å². The average Bonchev–Trinajstić information content (AvgIpc) is 2.58. The number of hydrogen-bond donors (Lipinski definition) is 2. The van der Waals surface area contributed by atoms with E-state index >= 15 is 0 Å². The van der Waals surface area contributed by atoms with Gasteiger partial charge in [-0.05, 0) is 36.5 Å². The van der Waals surface area contributed by atoms with Crippen molar-refractivity contribution in [1.29, 1.82) is 0 Å². The highest BCUT2D eigenvalue weighted by Gasteiger charge is 2.17. The zero-order valence-corrected chi connectivity index (χ0v) is 13.6. The van der Waals surface area contributed by atoms with Crippen LogP contribution in [-0.4, -0.2) is 39.2 Å². The van der Waals surface area contributed by atoms with E-state index < -0.39 is 0 Å². The topological polar surface area (TPSA) is 61.3 Å². The monoisotopic (exact) mass is 312 g/mol. The third-order valence-electron chi connectivity index (χ3n) is 4.29. The van der Waals surface area contributed by atoms with Crippen molar-refractivity contribution in [1.82, 2.24) is 14.9 Å². The average molecular weight is 312 g/mol. The molecule has 3 rings (SSSR count). The molecule has 122 valence electrons. The summed E-state index contributed by atoms with van der Waals surface area (Å²) in [5, 5.41) is 12.9. The standard InChI is InChI=1S/C18H24N4O/c1-14-10-19-18(20-11-14)21-12-15-4-2-3-5-16(15)13-22-8-6-17(23)7-9-22/h2-5,10-11,17,23H,6-9,12-13H2,1H3,(H,19,20,21). The molecule has 0 atom stereocenters. The fourth-order valence-electron chi connectivity index (χ4n) is 2.86. The molecular weight excluding hydrogens is 288 g/mol. The van der Waals surface area contributed by atoms with Crippen LogP contribution in [0.15, 0.2) is 36.7 Å². The number of nitrogens with zero attached hydrogens (tertiary/aromatic N) is 3. The van der Waals surface area contributed by atoms with Gasteiger partial charge in [0, 0.05) is 38.6 Å². The molecule has 1 saturated heterocycles. The van der Waals surface area contributed by atoms with Crippen molar-refractivity contribution >= 4 is 5.95 Å². The zero-order chi connectivity index (χ0) is 16.1. The summed E-state index contributed by atoms with van der Waals surface area (Å²) in [6.45, 7) is 5.55. The maximum Gasteiger partial charge on any atom is 0.222 e. The first-order valence-electron chi connectivity index (χ1n) is 8.20. The number of aliphatic hydroxyl groups is 1. The summed E-state index contributed by atoms with van der Waals surface area (Å²) >= 11 is 0. The Hall–Kier alpha value is -1.98. The molecular formula is C18H24N4O. The second-order valence-corrected chi connectivity index (χ2v) is 6.21. The van der Waals surface area contributed by atoms with E-state index in [9.17, 15) is 5.11 Å². The van der Waals surface area contributed by atoms with E-state index in [4.69, 9.17) is 0 Å². The predicted molar refractivity (Wildman–Crippen MR) is 91.1 cm³/mol. The maximum absolute atomic E-state index is 9.63. The van der Waals surface area contributed by atoms with Crippen LogP contribution in [0.2, 0.25) is 0 Å². The van der Waals surface area contributed by atoms with Crippen LogP contribution in [0, 0.1) is 6.92 Å². The number of aryl methyl sites for hydroxylation is 1. The number of aliphatic hydroxyl groups excluding tert-OH is 1. The lowest BCUT2D eigenvalue weighted by Crippen LogP contribution is -2.35. The fourth-order valence-corrected chi connectivity index (χ4v) is 2.86. The molecule has 1 aromatic carbocycles. The number of aromatic nitrogens is 2. The van der Waals surface area contributed by atoms with Gasteiger partial charge in [-0.25, -0.2) is 9.97 Å². The lowest BCUT2D eigenvalue weighted by molar-refractivity contribution is 0.0791. The van der Waals surface area contributed by atoms with Crippen LogP contribution in [0.25, 0.3) is 0 Å². The summed E-state index contributed by atoms with van der Waals surface area (Å²) in [5.74, 6) is 0.659. The third-order valence-corrected chi connectivity index (χ3v) is 4.29. The van der Waals surface area contributed by atoms with Crippen LogP contribution in [0.5, 0.6) is 0 Å². The largest absolute Gasteiger partial charge is 0.393 e. The van der Waals surface area contributed by atoms with Crippen LogP contribution in [-0.2, 0) is 13.1 Å². The first-order valence-corrected chi connectivity index (χ1v) is 8.20. The number of anilines is 1. The van der Waals surface area contributed by atoms with Crippen molar-refractivity contribution in [2.75, 3.05) is 18.4 Å². The minimum atomic E-state index is -0.123. The van der Waals surface area contributed by atoms with Crippen molar-refractivity contribution in [3.05, 3.63) is 53.3 Å². The van der Waals surface area contributed by atoms with Gasteiger partial charge in [0.2, 0.25) is 5.95 Å². The molecule has 1 aromatic heterocycles. The highest BCUT2D eigenvalue weighted by atomic mass is 16.3. The summed E-state index contributed by atoms with van der Waals surface area (Å²) in [5.41, 5.74) is 3.65. The highest BCUT2D eigenvalue weighted by molar-refractivity contribution is 5.32. The van der Waals surface area contributed by atoms with Crippen LogP contribution < -0.4 is 5.32 Å². The minimum absolute atomic E-state index is 0.123. The van der Waals surface area contributed by atoms with E-state index in [1.165, 1.54) is 11.1 Å². The molecule has 2 heterocycles. The molecule has 0 unspecified atom stereocenters. The Bertz CT molecular complexity index is 621. The molecule has 2 aromatic rings. The normalized spacial score (nSPS) is 16.4. The van der Waals surface area contributed by atoms with Crippen LogP contribution in [0.3, 0.4) is 0 Å². The molecule has 0 radical (unpaired) electrons. The van der Waals surface area contributed by atoms with Gasteiger partial charge in [0.05, 0.1) is 6.10 Å². The molecule has 0 amide bonds. The molecule has 5 nitrogen and oxygen atoms in total. The SMILES string of the molecule is Cc1cnc(NCc2ccccc2CN2CCC(O)CC2)nc1. The molecule has 1 aliphatic heterocycles. The predicted octanol–water partition coefficient (Wildman–Crippen LogP) is 2.35. The van der Waals surface area contributed by atoms with Crippen molar-refractivity contribution in [2.24, 2.45) is 0 Å². The quantitative estimate of drug-likeness (QED) is 0.887. The van der Waals surface area contributed by atoms with Crippen LogP contribution in [0.4, 0.5) is 5.95 Å². The van der Waals surface area contributed by atoms with Gasteiger partial charge in [-0.1, -0.05) is 24.3 Å². The fraction of sp³-hybridized carbons (Fsp3) is 0.444. The van der Waals surface area contributed by atoms with Crippen molar-refractivity contribution in [3.63, 3.8) is 0 Å². The van der Waals surface area contributed by atoms with Crippen molar-refractivity contribution in [3.8, 4) is 0 Å². The third kappa shape index (κ3) is 4.50. The smallest absolute Gasteiger partial charge is 0.222 e. The van der Waals surface area contributed by atoms with E-state index in [1.54, 1.807) is 0 Å². The first-order chi connectivity index (χ1) is 11.2. The molecule has 0 bridgehead atoms. The van der Waals surface area contributed by atoms with Gasteiger partial charge in [0.25, 0.3) is 0 Å². The molecule has 23 heavy (non-hydrogen) atoms. The Morgan fingerprint density at radius 2 is 1.78 bits per heavy atom. The van der Waals surface area contributed by atoms with Gasteiger partial charge >= 0.3 is 0 Å². The second kappa shape index (κ2) is 7.53. The number of nitrogens with one attached hydrogen (secondary N) is 1. The van der Waals surface area contributed by atoms with Gasteiger partial charge in [0.1, 0.15) is 0 Å². The van der Waals surface area contributed by atoms with E-state index in [2.05, 4.69) is 44.5 Å². The summed E-state index contributed by atoms with van der Waals surface area (Å²) in [6, 6.07) is 8.48. The second-order valence-electron chi connectivity index (χ2n) is 6.21. The Morgan fingerprint density at radius 1 is 1.13 bits per heavy atom. The van der Waals surface area contributed by atoms with Crippen molar-refractivity contribution in [2.45, 2.75) is 39.0 Å². The molecule has 0 spiro atoms. The minimum Gasteiger partial charge on any atom is -0.393 e. The zero-order valence-electron chi connectivity index (χ0n) is 13.6. The summed E-state index contributed by atoms with van der Waals surface area (Å²) < 4.78 is 0. The molecule has 2 N–H and O–H groups in total. The van der Waals surface area contributed by atoms with Gasteiger partial charge in [0.15, 0.2) is 0 Å². The summed E-state index contributed by atoms with van der Waals surface area (Å²) in [7, 11) is 0. The molecule has 1 aliphatic rings. The summed E-state index contributed by atoms with van der Waals surface area (Å²) in [4.78, 5) is 11.0. The number of hydrogen-bond acceptors (Lipinski definition) is 5. The first kappa shape index (κ1) is 15.9.